The van der Waals surface area contributed by atoms with Crippen molar-refractivity contribution in [3.63, 3.8) is 0 Å². The van der Waals surface area contributed by atoms with E-state index in [4.69, 9.17) is 9.97 Å². The van der Waals surface area contributed by atoms with Crippen LogP contribution >= 0.6 is 0 Å². The maximum absolute atomic E-state index is 5.41. The molecule has 0 unspecified atom stereocenters. The minimum Gasteiger partial charge on any atom is -0.316 e. The van der Waals surface area contributed by atoms with Crippen molar-refractivity contribution in [1.29, 1.82) is 0 Å². The number of pyridine rings is 2. The summed E-state index contributed by atoms with van der Waals surface area (Å²) < 4.78 is 2.40. The molecule has 0 spiro atoms. The van der Waals surface area contributed by atoms with Crippen LogP contribution in [0.15, 0.2) is 182 Å². The fourth-order valence-electron chi connectivity index (χ4n) is 9.16. The van der Waals surface area contributed by atoms with E-state index >= 15 is 0 Å². The molecule has 0 bridgehead atoms. The number of hydrogen-bond donors (Lipinski definition) is 0. The van der Waals surface area contributed by atoms with Crippen molar-refractivity contribution < 1.29 is 0 Å². The van der Waals surface area contributed by atoms with Crippen LogP contribution in [0.1, 0.15) is 25.0 Å². The highest BCUT2D eigenvalue weighted by Crippen LogP contribution is 2.60. The van der Waals surface area contributed by atoms with E-state index < -0.39 is 0 Å². The first-order valence-corrected chi connectivity index (χ1v) is 18.9. The van der Waals surface area contributed by atoms with E-state index in [0.29, 0.717) is 0 Å². The van der Waals surface area contributed by atoms with Gasteiger partial charge in [0.05, 0.1) is 28.5 Å². The van der Waals surface area contributed by atoms with Gasteiger partial charge in [0.1, 0.15) is 5.82 Å². The number of rotatable bonds is 4. The molecule has 0 amide bonds. The van der Waals surface area contributed by atoms with Crippen LogP contribution in [0.25, 0.3) is 72.5 Å². The lowest BCUT2D eigenvalue weighted by molar-refractivity contribution is 0.662. The normalized spacial score (nSPS) is 13.4. The lowest BCUT2D eigenvalue weighted by Crippen LogP contribution is -2.19. The summed E-state index contributed by atoms with van der Waals surface area (Å²) in [5, 5.41) is 2.34. The van der Waals surface area contributed by atoms with Gasteiger partial charge in [-0.25, -0.2) is 4.98 Å². The third kappa shape index (κ3) is 4.71. The molecule has 260 valence electrons. The van der Waals surface area contributed by atoms with E-state index in [1.165, 1.54) is 49.9 Å². The van der Waals surface area contributed by atoms with E-state index in [2.05, 4.69) is 181 Å². The van der Waals surface area contributed by atoms with Gasteiger partial charge < -0.3 is 4.57 Å². The predicted molar refractivity (Wildman–Crippen MR) is 226 cm³/mol. The number of nitrogens with zero attached hydrogens (tertiary/aromatic N) is 4. The lowest BCUT2D eigenvalue weighted by atomic mass is 9.78. The van der Waals surface area contributed by atoms with Gasteiger partial charge in [-0.3, -0.25) is 9.88 Å². The Balaban J connectivity index is 1.27. The highest BCUT2D eigenvalue weighted by Gasteiger charge is 2.42. The van der Waals surface area contributed by atoms with Crippen molar-refractivity contribution in [3.8, 4) is 61.7 Å². The summed E-state index contributed by atoms with van der Waals surface area (Å²) in [4.78, 5) is 12.5. The third-order valence-electron chi connectivity index (χ3n) is 11.6. The molecule has 1 aliphatic heterocycles. The molecule has 0 saturated carbocycles. The Morgan fingerprint density at radius 1 is 0.545 bits per heavy atom. The molecule has 2 aliphatic rings. The summed E-state index contributed by atoms with van der Waals surface area (Å²) in [5.41, 5.74) is 17.2. The molecular formula is C51H36N4. The molecule has 3 aromatic heterocycles. The van der Waals surface area contributed by atoms with Crippen LogP contribution in [0, 0.1) is 0 Å². The average molecular weight is 705 g/mol. The Morgan fingerprint density at radius 3 is 2.20 bits per heavy atom. The quantitative estimate of drug-likeness (QED) is 0.183. The standard InChI is InChI=1S/C51H36N4/c1-51(2)42-21-9-8-20-38(42)39-27-28-45-47(48(39)51)40-29-31-54(36-18-12-17-35(32-36)33-14-4-3-5-15-33)49(40)41-26-25-34-16-6-7-19-37(34)50(41)55(45)46-24-13-23-44(53-46)43-22-10-11-30-52-43/h3-32H,1-2H3. The van der Waals surface area contributed by atoms with Gasteiger partial charge in [-0.05, 0) is 87.3 Å². The fourth-order valence-corrected chi connectivity index (χ4v) is 9.16. The monoisotopic (exact) mass is 704 g/mol. The van der Waals surface area contributed by atoms with E-state index in [0.717, 1.165) is 50.9 Å². The molecule has 0 fully saturated rings. The van der Waals surface area contributed by atoms with Gasteiger partial charge in [0.15, 0.2) is 0 Å². The van der Waals surface area contributed by atoms with Crippen molar-refractivity contribution in [2.24, 2.45) is 0 Å². The van der Waals surface area contributed by atoms with Crippen molar-refractivity contribution in [1.82, 2.24) is 14.5 Å². The van der Waals surface area contributed by atoms with Crippen molar-refractivity contribution in [2.45, 2.75) is 19.3 Å². The van der Waals surface area contributed by atoms with E-state index in [9.17, 15) is 0 Å². The molecule has 0 atom stereocenters. The smallest absolute Gasteiger partial charge is 0.138 e. The summed E-state index contributed by atoms with van der Waals surface area (Å²) in [6, 6.07) is 61.1. The number of benzene rings is 6. The summed E-state index contributed by atoms with van der Waals surface area (Å²) in [6.45, 7) is 4.77. The number of fused-ring (bicyclic) bond motifs is 11. The van der Waals surface area contributed by atoms with Crippen LogP contribution in [-0.4, -0.2) is 14.5 Å². The number of anilines is 3. The molecule has 4 nitrogen and oxygen atoms in total. The van der Waals surface area contributed by atoms with Gasteiger partial charge in [-0.1, -0.05) is 135 Å². The zero-order valence-electron chi connectivity index (χ0n) is 30.6. The topological polar surface area (TPSA) is 34.0 Å². The van der Waals surface area contributed by atoms with Crippen molar-refractivity contribution in [2.75, 3.05) is 4.90 Å². The first-order valence-electron chi connectivity index (χ1n) is 18.9. The summed E-state index contributed by atoms with van der Waals surface area (Å²) in [7, 11) is 0. The molecular weight excluding hydrogens is 669 g/mol. The van der Waals surface area contributed by atoms with Gasteiger partial charge in [-0.15, -0.1) is 0 Å². The molecule has 0 radical (unpaired) electrons. The van der Waals surface area contributed by atoms with Crippen LogP contribution < -0.4 is 4.90 Å². The molecule has 4 heterocycles. The minimum atomic E-state index is -0.253. The number of aromatic nitrogens is 3. The zero-order valence-corrected chi connectivity index (χ0v) is 30.6. The number of hydrogen-bond acceptors (Lipinski definition) is 3. The minimum absolute atomic E-state index is 0.253. The molecule has 4 heteroatoms. The summed E-state index contributed by atoms with van der Waals surface area (Å²) >= 11 is 0. The Bertz CT molecular complexity index is 2960. The Hall–Kier alpha value is -7.04. The van der Waals surface area contributed by atoms with Gasteiger partial charge in [-0.2, -0.15) is 0 Å². The average Bonchev–Trinajstić information content (AvgIpc) is 3.74. The summed E-state index contributed by atoms with van der Waals surface area (Å²) in [6.07, 6.45) is 4.10. The highest BCUT2D eigenvalue weighted by molar-refractivity contribution is 6.13. The second kappa shape index (κ2) is 12.0. The van der Waals surface area contributed by atoms with E-state index in [1.807, 2.05) is 24.4 Å². The maximum atomic E-state index is 5.41. The van der Waals surface area contributed by atoms with Crippen LogP contribution in [0.3, 0.4) is 0 Å². The molecule has 0 saturated heterocycles. The van der Waals surface area contributed by atoms with Crippen LogP contribution in [-0.2, 0) is 5.41 Å². The molecule has 0 N–H and O–H groups in total. The molecule has 1 aliphatic carbocycles. The maximum Gasteiger partial charge on any atom is 0.138 e. The predicted octanol–water partition coefficient (Wildman–Crippen LogP) is 13.2. The lowest BCUT2D eigenvalue weighted by Gasteiger charge is -2.31. The Labute approximate surface area is 320 Å². The third-order valence-corrected chi connectivity index (χ3v) is 11.6. The summed E-state index contributed by atoms with van der Waals surface area (Å²) in [5.74, 6) is 0.845. The Kier molecular flexibility index (Phi) is 6.86. The van der Waals surface area contributed by atoms with Crippen LogP contribution in [0.2, 0.25) is 0 Å². The van der Waals surface area contributed by atoms with Gasteiger partial charge in [0, 0.05) is 45.6 Å². The van der Waals surface area contributed by atoms with Crippen LogP contribution in [0.4, 0.5) is 17.2 Å². The second-order valence-electron chi connectivity index (χ2n) is 15.0. The SMILES string of the molecule is CC1(C)c2ccccc2-c2ccc3c(c21)-c1ccn(-c2cccc(-c4ccccc4)c2)c1-c1ccc2ccccc2c1N3c1cccc(-c2ccccn2)n1. The van der Waals surface area contributed by atoms with Crippen LogP contribution in [0.5, 0.6) is 0 Å². The van der Waals surface area contributed by atoms with E-state index in [-0.39, 0.29) is 5.41 Å². The van der Waals surface area contributed by atoms with E-state index in [1.54, 1.807) is 0 Å². The first-order chi connectivity index (χ1) is 27.1. The first kappa shape index (κ1) is 31.5. The molecule has 9 aromatic rings. The highest BCUT2D eigenvalue weighted by atomic mass is 15.2. The van der Waals surface area contributed by atoms with Gasteiger partial charge in [0.2, 0.25) is 0 Å². The Morgan fingerprint density at radius 2 is 1.31 bits per heavy atom. The van der Waals surface area contributed by atoms with Gasteiger partial charge >= 0.3 is 0 Å². The van der Waals surface area contributed by atoms with Crippen molar-refractivity contribution >= 4 is 28.0 Å². The van der Waals surface area contributed by atoms with Gasteiger partial charge in [0.25, 0.3) is 0 Å². The molecule has 55 heavy (non-hydrogen) atoms. The molecule has 6 aromatic carbocycles. The van der Waals surface area contributed by atoms with Crippen molar-refractivity contribution in [3.05, 3.63) is 193 Å². The second-order valence-corrected chi connectivity index (χ2v) is 15.0. The zero-order chi connectivity index (χ0) is 36.7. The largest absolute Gasteiger partial charge is 0.316 e. The fraction of sp³-hybridized carbons (Fsp3) is 0.0588. The molecule has 11 rings (SSSR count).